The van der Waals surface area contributed by atoms with E-state index in [2.05, 4.69) is 5.32 Å². The first-order valence-electron chi connectivity index (χ1n) is 7.28. The van der Waals surface area contributed by atoms with Crippen molar-refractivity contribution in [1.82, 2.24) is 13.9 Å². The summed E-state index contributed by atoms with van der Waals surface area (Å²) in [5, 5.41) is 13.8. The van der Waals surface area contributed by atoms with Gasteiger partial charge in [0.1, 0.15) is 0 Å². The molecule has 0 aromatic heterocycles. The Labute approximate surface area is 120 Å². The topological polar surface area (TPSA) is 82.1 Å². The largest absolute Gasteiger partial charge is 0.389 e. The van der Waals surface area contributed by atoms with Crippen molar-refractivity contribution in [2.75, 3.05) is 52.5 Å². The second-order valence-electron chi connectivity index (χ2n) is 5.88. The standard InChI is InChI=1S/C12H23N3O4S/c16-12-1-3-13-9-11(12)10-15(4-2-12)20(17,18)14-5-7-19-8-6-14/h11,13,16H,1-10H2/t11-,12-/m1/s1. The third-order valence-corrected chi connectivity index (χ3v) is 6.73. The van der Waals surface area contributed by atoms with Crippen LogP contribution in [0.5, 0.6) is 0 Å². The Morgan fingerprint density at radius 2 is 1.90 bits per heavy atom. The fourth-order valence-corrected chi connectivity index (χ4v) is 4.97. The van der Waals surface area contributed by atoms with Gasteiger partial charge in [0.25, 0.3) is 10.2 Å². The van der Waals surface area contributed by atoms with Crippen LogP contribution in [0, 0.1) is 5.92 Å². The first-order chi connectivity index (χ1) is 9.52. The van der Waals surface area contributed by atoms with E-state index in [1.54, 1.807) is 0 Å². The van der Waals surface area contributed by atoms with Crippen LogP contribution in [0.3, 0.4) is 0 Å². The lowest BCUT2D eigenvalue weighted by Crippen LogP contribution is -2.61. The molecule has 7 nitrogen and oxygen atoms in total. The number of ether oxygens (including phenoxy) is 1. The van der Waals surface area contributed by atoms with Crippen LogP contribution in [0.4, 0.5) is 0 Å². The van der Waals surface area contributed by atoms with E-state index in [4.69, 9.17) is 4.74 Å². The minimum Gasteiger partial charge on any atom is -0.389 e. The van der Waals surface area contributed by atoms with Crippen LogP contribution in [0.25, 0.3) is 0 Å². The maximum atomic E-state index is 12.6. The lowest BCUT2D eigenvalue weighted by molar-refractivity contribution is -0.0755. The fourth-order valence-electron chi connectivity index (χ4n) is 3.34. The molecule has 0 spiro atoms. The van der Waals surface area contributed by atoms with Gasteiger partial charge in [-0.15, -0.1) is 0 Å². The van der Waals surface area contributed by atoms with Gasteiger partial charge in [0.05, 0.1) is 18.8 Å². The van der Waals surface area contributed by atoms with Gasteiger partial charge in [-0.2, -0.15) is 17.0 Å². The Hall–Kier alpha value is -0.250. The van der Waals surface area contributed by atoms with Crippen molar-refractivity contribution in [2.45, 2.75) is 18.4 Å². The molecule has 3 aliphatic heterocycles. The first kappa shape index (κ1) is 14.7. The molecule has 8 heteroatoms. The average Bonchev–Trinajstić information content (AvgIpc) is 2.47. The minimum absolute atomic E-state index is 0.0131. The molecule has 3 fully saturated rings. The Kier molecular flexibility index (Phi) is 4.04. The second kappa shape index (κ2) is 5.51. The summed E-state index contributed by atoms with van der Waals surface area (Å²) in [6.07, 6.45) is 1.24. The normalized spacial score (nSPS) is 37.5. The summed E-state index contributed by atoms with van der Waals surface area (Å²) in [5.41, 5.74) is -0.692. The van der Waals surface area contributed by atoms with Crippen molar-refractivity contribution >= 4 is 10.2 Å². The summed E-state index contributed by atoms with van der Waals surface area (Å²) in [7, 11) is -3.41. The van der Waals surface area contributed by atoms with E-state index in [1.807, 2.05) is 0 Å². The zero-order chi connectivity index (χ0) is 14.2. The zero-order valence-electron chi connectivity index (χ0n) is 11.6. The van der Waals surface area contributed by atoms with Crippen molar-refractivity contribution in [2.24, 2.45) is 5.92 Å². The van der Waals surface area contributed by atoms with E-state index in [0.717, 1.165) is 6.54 Å². The number of nitrogens with zero attached hydrogens (tertiary/aromatic N) is 2. The van der Waals surface area contributed by atoms with Gasteiger partial charge in [0.15, 0.2) is 0 Å². The van der Waals surface area contributed by atoms with E-state index in [9.17, 15) is 13.5 Å². The van der Waals surface area contributed by atoms with Crippen molar-refractivity contribution in [3.05, 3.63) is 0 Å². The number of hydrogen-bond acceptors (Lipinski definition) is 5. The summed E-state index contributed by atoms with van der Waals surface area (Å²) >= 11 is 0. The third kappa shape index (κ3) is 2.60. The van der Waals surface area contributed by atoms with Crippen molar-refractivity contribution in [1.29, 1.82) is 0 Å². The molecule has 0 amide bonds. The molecule has 0 bridgehead atoms. The molecule has 0 aliphatic carbocycles. The van der Waals surface area contributed by atoms with Gasteiger partial charge >= 0.3 is 0 Å². The predicted octanol–water partition coefficient (Wildman–Crippen LogP) is -1.39. The number of aliphatic hydroxyl groups is 1. The third-order valence-electron chi connectivity index (χ3n) is 4.73. The highest BCUT2D eigenvalue weighted by Gasteiger charge is 2.46. The van der Waals surface area contributed by atoms with Crippen LogP contribution in [0.1, 0.15) is 12.8 Å². The number of nitrogens with one attached hydrogen (secondary N) is 1. The zero-order valence-corrected chi connectivity index (χ0v) is 12.4. The van der Waals surface area contributed by atoms with Crippen molar-refractivity contribution in [3.8, 4) is 0 Å². The van der Waals surface area contributed by atoms with E-state index in [0.29, 0.717) is 58.8 Å². The molecule has 3 heterocycles. The molecule has 2 N–H and O–H groups in total. The lowest BCUT2D eigenvalue weighted by Gasteiger charge is -2.47. The van der Waals surface area contributed by atoms with Gasteiger partial charge < -0.3 is 15.2 Å². The molecule has 0 saturated carbocycles. The highest BCUT2D eigenvalue weighted by Crippen LogP contribution is 2.34. The molecule has 0 aromatic carbocycles. The highest BCUT2D eigenvalue weighted by molar-refractivity contribution is 7.86. The summed E-state index contributed by atoms with van der Waals surface area (Å²) in [6.45, 7) is 4.08. The van der Waals surface area contributed by atoms with E-state index in [-0.39, 0.29) is 5.92 Å². The van der Waals surface area contributed by atoms with Crippen LogP contribution in [0.15, 0.2) is 0 Å². The van der Waals surface area contributed by atoms with Crippen LogP contribution in [-0.4, -0.2) is 80.2 Å². The van der Waals surface area contributed by atoms with Crippen LogP contribution in [-0.2, 0) is 14.9 Å². The molecule has 20 heavy (non-hydrogen) atoms. The predicted molar refractivity (Wildman–Crippen MR) is 73.4 cm³/mol. The average molecular weight is 305 g/mol. The molecule has 0 aromatic rings. The van der Waals surface area contributed by atoms with E-state index < -0.39 is 15.8 Å². The highest BCUT2D eigenvalue weighted by atomic mass is 32.2. The van der Waals surface area contributed by atoms with Gasteiger partial charge in [-0.05, 0) is 19.4 Å². The summed E-state index contributed by atoms with van der Waals surface area (Å²) in [5.74, 6) is -0.0131. The molecular weight excluding hydrogens is 282 g/mol. The fraction of sp³-hybridized carbons (Fsp3) is 1.00. The molecule has 3 aliphatic rings. The Balaban J connectivity index is 1.71. The van der Waals surface area contributed by atoms with Crippen molar-refractivity contribution < 1.29 is 18.3 Å². The summed E-state index contributed by atoms with van der Waals surface area (Å²) in [6, 6.07) is 0. The maximum Gasteiger partial charge on any atom is 0.282 e. The molecule has 3 saturated heterocycles. The monoisotopic (exact) mass is 305 g/mol. The second-order valence-corrected chi connectivity index (χ2v) is 7.81. The van der Waals surface area contributed by atoms with E-state index in [1.165, 1.54) is 8.61 Å². The van der Waals surface area contributed by atoms with Crippen LogP contribution >= 0.6 is 0 Å². The molecule has 0 unspecified atom stereocenters. The quantitative estimate of drug-likeness (QED) is 0.656. The lowest BCUT2D eigenvalue weighted by atomic mass is 9.77. The first-order valence-corrected chi connectivity index (χ1v) is 8.68. The number of fused-ring (bicyclic) bond motifs is 1. The van der Waals surface area contributed by atoms with Gasteiger partial charge in [0.2, 0.25) is 0 Å². The van der Waals surface area contributed by atoms with Crippen molar-refractivity contribution in [3.63, 3.8) is 0 Å². The van der Waals surface area contributed by atoms with Crippen LogP contribution < -0.4 is 5.32 Å². The molecule has 3 rings (SSSR count). The summed E-state index contributed by atoms with van der Waals surface area (Å²) < 4.78 is 33.5. The number of morpholine rings is 1. The molecule has 116 valence electrons. The smallest absolute Gasteiger partial charge is 0.282 e. The minimum atomic E-state index is -3.41. The molecular formula is C12H23N3O4S. The van der Waals surface area contributed by atoms with E-state index >= 15 is 0 Å². The Morgan fingerprint density at radius 3 is 2.65 bits per heavy atom. The number of piperidine rings is 2. The molecule has 2 atom stereocenters. The van der Waals surface area contributed by atoms with Gasteiger partial charge in [0, 0.05) is 38.6 Å². The maximum absolute atomic E-state index is 12.6. The SMILES string of the molecule is O=S(=O)(N1CCOCC1)N1CC[C@]2(O)CCNC[C@@H]2C1. The molecule has 0 radical (unpaired) electrons. The number of hydrogen-bond donors (Lipinski definition) is 2. The van der Waals surface area contributed by atoms with Gasteiger partial charge in [-0.1, -0.05) is 0 Å². The Morgan fingerprint density at radius 1 is 1.15 bits per heavy atom. The Bertz CT molecular complexity index is 452. The number of rotatable bonds is 2. The van der Waals surface area contributed by atoms with Gasteiger partial charge in [-0.25, -0.2) is 0 Å². The summed E-state index contributed by atoms with van der Waals surface area (Å²) in [4.78, 5) is 0. The van der Waals surface area contributed by atoms with Crippen LogP contribution in [0.2, 0.25) is 0 Å². The van der Waals surface area contributed by atoms with Gasteiger partial charge in [-0.3, -0.25) is 0 Å².